The molecular formula is C12H10N2O. The number of anilines is 1. The second-order valence-corrected chi connectivity index (χ2v) is 3.57. The Kier molecular flexibility index (Phi) is 1.65. The molecule has 3 heteroatoms. The van der Waals surface area contributed by atoms with Crippen molar-refractivity contribution in [2.24, 2.45) is 0 Å². The van der Waals surface area contributed by atoms with Crippen molar-refractivity contribution in [3.8, 4) is 0 Å². The average Bonchev–Trinajstić information content (AvgIpc) is 2.29. The number of benzene rings is 2. The van der Waals surface area contributed by atoms with Crippen LogP contribution in [0.3, 0.4) is 0 Å². The smallest absolute Gasteiger partial charge is 0.255 e. The normalized spacial score (nSPS) is 14.3. The molecule has 0 saturated heterocycles. The Morgan fingerprint density at radius 3 is 2.80 bits per heavy atom. The van der Waals surface area contributed by atoms with E-state index in [-0.39, 0.29) is 5.91 Å². The third-order valence-electron chi connectivity index (χ3n) is 2.68. The Balaban J connectivity index is 2.40. The molecule has 0 radical (unpaired) electrons. The minimum Gasteiger partial charge on any atom is -0.367 e. The van der Waals surface area contributed by atoms with E-state index < -0.39 is 0 Å². The van der Waals surface area contributed by atoms with Crippen molar-refractivity contribution < 1.29 is 4.79 Å². The number of amides is 1. The molecule has 1 aliphatic rings. The molecule has 1 heterocycles. The zero-order chi connectivity index (χ0) is 10.3. The van der Waals surface area contributed by atoms with E-state index in [4.69, 9.17) is 0 Å². The highest BCUT2D eigenvalue weighted by molar-refractivity contribution is 6.12. The van der Waals surface area contributed by atoms with Crippen molar-refractivity contribution in [1.82, 2.24) is 5.32 Å². The maximum Gasteiger partial charge on any atom is 0.255 e. The topological polar surface area (TPSA) is 41.1 Å². The fourth-order valence-electron chi connectivity index (χ4n) is 1.97. The van der Waals surface area contributed by atoms with E-state index in [1.54, 1.807) is 0 Å². The van der Waals surface area contributed by atoms with Crippen LogP contribution in [0.15, 0.2) is 36.4 Å². The van der Waals surface area contributed by atoms with E-state index in [1.165, 1.54) is 0 Å². The van der Waals surface area contributed by atoms with Gasteiger partial charge in [0.2, 0.25) is 0 Å². The Morgan fingerprint density at radius 2 is 1.87 bits per heavy atom. The standard InChI is InChI=1S/C12H10N2O/c15-12-11-9-4-2-1-3-8(9)5-6-10(11)13-7-14-12/h1-6,13H,7H2,(H,14,15). The summed E-state index contributed by atoms with van der Waals surface area (Å²) >= 11 is 0. The fourth-order valence-corrected chi connectivity index (χ4v) is 1.97. The molecule has 74 valence electrons. The summed E-state index contributed by atoms with van der Waals surface area (Å²) in [6.45, 7) is 0.504. The van der Waals surface area contributed by atoms with E-state index in [9.17, 15) is 4.79 Å². The molecular weight excluding hydrogens is 188 g/mol. The summed E-state index contributed by atoms with van der Waals surface area (Å²) in [6.07, 6.45) is 0. The van der Waals surface area contributed by atoms with Gasteiger partial charge in [-0.2, -0.15) is 0 Å². The molecule has 15 heavy (non-hydrogen) atoms. The summed E-state index contributed by atoms with van der Waals surface area (Å²) in [4.78, 5) is 11.7. The van der Waals surface area contributed by atoms with Crippen LogP contribution in [0.2, 0.25) is 0 Å². The number of rotatable bonds is 0. The second kappa shape index (κ2) is 2.98. The number of hydrogen-bond acceptors (Lipinski definition) is 2. The molecule has 0 aliphatic carbocycles. The van der Waals surface area contributed by atoms with Crippen molar-refractivity contribution in [2.45, 2.75) is 0 Å². The molecule has 1 amide bonds. The van der Waals surface area contributed by atoms with Gasteiger partial charge in [0.25, 0.3) is 5.91 Å². The molecule has 0 bridgehead atoms. The van der Waals surface area contributed by atoms with Gasteiger partial charge in [-0.25, -0.2) is 0 Å². The predicted molar refractivity (Wildman–Crippen MR) is 59.9 cm³/mol. The lowest BCUT2D eigenvalue weighted by molar-refractivity contribution is 0.0954. The first-order valence-electron chi connectivity index (χ1n) is 4.90. The SMILES string of the molecule is O=C1NCNc2ccc3ccccc3c21. The van der Waals surface area contributed by atoms with Gasteiger partial charge in [0.15, 0.2) is 0 Å². The molecule has 0 saturated carbocycles. The summed E-state index contributed by atoms with van der Waals surface area (Å²) < 4.78 is 0. The molecule has 3 rings (SSSR count). The molecule has 0 spiro atoms. The summed E-state index contributed by atoms with van der Waals surface area (Å²) in [6, 6.07) is 11.9. The van der Waals surface area contributed by atoms with Gasteiger partial charge in [-0.1, -0.05) is 30.3 Å². The Morgan fingerprint density at radius 1 is 1.00 bits per heavy atom. The van der Waals surface area contributed by atoms with Crippen LogP contribution in [0.5, 0.6) is 0 Å². The lowest BCUT2D eigenvalue weighted by atomic mass is 10.0. The predicted octanol–water partition coefficient (Wildman–Crippen LogP) is 1.95. The second-order valence-electron chi connectivity index (χ2n) is 3.57. The van der Waals surface area contributed by atoms with E-state index in [2.05, 4.69) is 10.6 Å². The zero-order valence-corrected chi connectivity index (χ0v) is 8.08. The lowest BCUT2D eigenvalue weighted by Gasteiger charge is -2.19. The van der Waals surface area contributed by atoms with Crippen LogP contribution >= 0.6 is 0 Å². The number of carbonyl (C=O) groups is 1. The largest absolute Gasteiger partial charge is 0.367 e. The Hall–Kier alpha value is -2.03. The quantitative estimate of drug-likeness (QED) is 0.679. The van der Waals surface area contributed by atoms with Crippen LogP contribution in [-0.2, 0) is 0 Å². The van der Waals surface area contributed by atoms with Gasteiger partial charge < -0.3 is 10.6 Å². The van der Waals surface area contributed by atoms with Gasteiger partial charge in [-0.3, -0.25) is 4.79 Å². The van der Waals surface area contributed by atoms with Gasteiger partial charge in [-0.05, 0) is 16.8 Å². The molecule has 0 fully saturated rings. The first-order valence-corrected chi connectivity index (χ1v) is 4.90. The van der Waals surface area contributed by atoms with Crippen molar-refractivity contribution in [1.29, 1.82) is 0 Å². The molecule has 2 aromatic carbocycles. The van der Waals surface area contributed by atoms with Crippen LogP contribution in [0.25, 0.3) is 10.8 Å². The van der Waals surface area contributed by atoms with E-state index in [1.807, 2.05) is 36.4 Å². The number of fused-ring (bicyclic) bond motifs is 3. The number of hydrogen-bond donors (Lipinski definition) is 2. The van der Waals surface area contributed by atoms with Gasteiger partial charge in [0.05, 0.1) is 12.2 Å². The first kappa shape index (κ1) is 8.29. The van der Waals surface area contributed by atoms with E-state index in [0.29, 0.717) is 6.67 Å². The molecule has 3 nitrogen and oxygen atoms in total. The minimum atomic E-state index is 0.000509. The Labute approximate surface area is 87.1 Å². The van der Waals surface area contributed by atoms with Crippen LogP contribution in [0.1, 0.15) is 10.4 Å². The van der Waals surface area contributed by atoms with Crippen LogP contribution in [0, 0.1) is 0 Å². The summed E-state index contributed by atoms with van der Waals surface area (Å²) in [7, 11) is 0. The van der Waals surface area contributed by atoms with E-state index >= 15 is 0 Å². The lowest BCUT2D eigenvalue weighted by Crippen LogP contribution is -2.34. The van der Waals surface area contributed by atoms with Crippen molar-refractivity contribution in [2.75, 3.05) is 12.0 Å². The number of nitrogens with one attached hydrogen (secondary N) is 2. The summed E-state index contributed by atoms with van der Waals surface area (Å²) in [5.41, 5.74) is 1.66. The third-order valence-corrected chi connectivity index (χ3v) is 2.68. The highest BCUT2D eigenvalue weighted by Gasteiger charge is 2.18. The van der Waals surface area contributed by atoms with Gasteiger partial charge in [0, 0.05) is 5.69 Å². The highest BCUT2D eigenvalue weighted by Crippen LogP contribution is 2.27. The molecule has 1 aliphatic heterocycles. The van der Waals surface area contributed by atoms with Gasteiger partial charge >= 0.3 is 0 Å². The molecule has 2 N–H and O–H groups in total. The molecule has 0 aromatic heterocycles. The monoisotopic (exact) mass is 198 g/mol. The summed E-state index contributed by atoms with van der Waals surface area (Å²) in [5, 5.41) is 8.03. The van der Waals surface area contributed by atoms with Crippen molar-refractivity contribution >= 4 is 22.4 Å². The van der Waals surface area contributed by atoms with Gasteiger partial charge in [0.1, 0.15) is 0 Å². The molecule has 0 unspecified atom stereocenters. The zero-order valence-electron chi connectivity index (χ0n) is 8.08. The number of carbonyl (C=O) groups excluding carboxylic acids is 1. The summed E-state index contributed by atoms with van der Waals surface area (Å²) in [5.74, 6) is 0.000509. The minimum absolute atomic E-state index is 0.000509. The maximum absolute atomic E-state index is 11.7. The van der Waals surface area contributed by atoms with Crippen molar-refractivity contribution in [3.63, 3.8) is 0 Å². The van der Waals surface area contributed by atoms with Crippen molar-refractivity contribution in [3.05, 3.63) is 42.0 Å². The molecule has 0 atom stereocenters. The van der Waals surface area contributed by atoms with Crippen LogP contribution < -0.4 is 10.6 Å². The molecule has 2 aromatic rings. The fraction of sp³-hybridized carbons (Fsp3) is 0.0833. The van der Waals surface area contributed by atoms with Crippen LogP contribution in [0.4, 0.5) is 5.69 Å². The third kappa shape index (κ3) is 1.16. The highest BCUT2D eigenvalue weighted by atomic mass is 16.1. The van der Waals surface area contributed by atoms with Gasteiger partial charge in [-0.15, -0.1) is 0 Å². The van der Waals surface area contributed by atoms with Crippen LogP contribution in [-0.4, -0.2) is 12.6 Å². The van der Waals surface area contributed by atoms with E-state index in [0.717, 1.165) is 22.0 Å². The average molecular weight is 198 g/mol. The Bertz CT molecular complexity index is 548. The maximum atomic E-state index is 11.7. The first-order chi connectivity index (χ1) is 7.36.